The molecule has 16 heavy (non-hydrogen) atoms. The molecule has 0 radical (unpaired) electrons. The second-order valence-corrected chi connectivity index (χ2v) is 3.19. The van der Waals surface area contributed by atoms with E-state index in [0.717, 1.165) is 6.42 Å². The number of nitrogens with zero attached hydrogens (tertiary/aromatic N) is 3. The maximum Gasteiger partial charge on any atom is 0.243 e. The van der Waals surface area contributed by atoms with Crippen molar-refractivity contribution < 1.29 is 4.39 Å². The van der Waals surface area contributed by atoms with E-state index in [1.807, 2.05) is 0 Å². The lowest BCUT2D eigenvalue weighted by atomic mass is 10.4. The highest BCUT2D eigenvalue weighted by atomic mass is 19.1. The third-order valence-electron chi connectivity index (χ3n) is 2.00. The summed E-state index contributed by atoms with van der Waals surface area (Å²) < 4.78 is 14.3. The summed E-state index contributed by atoms with van der Waals surface area (Å²) in [5.41, 5.74) is 0.616. The van der Waals surface area contributed by atoms with E-state index in [0.29, 0.717) is 18.1 Å². The lowest BCUT2D eigenvalue weighted by Gasteiger charge is -1.94. The Morgan fingerprint density at radius 2 is 2.38 bits per heavy atom. The summed E-state index contributed by atoms with van der Waals surface area (Å²) in [4.78, 5) is 4.18. The van der Waals surface area contributed by atoms with Crippen molar-refractivity contribution in [3.63, 3.8) is 0 Å². The molecule has 0 saturated carbocycles. The van der Waals surface area contributed by atoms with Gasteiger partial charge in [-0.25, -0.2) is 8.91 Å². The number of anilines is 1. The number of aromatic nitrogens is 3. The largest absolute Gasteiger partial charge is 0.352 e. The Balaban J connectivity index is 2.09. The van der Waals surface area contributed by atoms with E-state index < -0.39 is 0 Å². The minimum atomic E-state index is -0.333. The van der Waals surface area contributed by atoms with Crippen molar-refractivity contribution in [2.75, 3.05) is 11.9 Å². The average molecular weight is 218 g/mol. The van der Waals surface area contributed by atoms with Gasteiger partial charge in [0.2, 0.25) is 5.95 Å². The van der Waals surface area contributed by atoms with Crippen molar-refractivity contribution in [1.29, 1.82) is 0 Å². The molecule has 2 aromatic heterocycles. The molecule has 0 bridgehead atoms. The summed E-state index contributed by atoms with van der Waals surface area (Å²) in [6, 6.07) is 2.94. The summed E-state index contributed by atoms with van der Waals surface area (Å²) in [6.45, 7) is 2.48. The first-order valence-electron chi connectivity index (χ1n) is 4.95. The van der Waals surface area contributed by atoms with Gasteiger partial charge in [-0.2, -0.15) is 4.98 Å². The smallest absolute Gasteiger partial charge is 0.243 e. The van der Waals surface area contributed by atoms with Crippen molar-refractivity contribution in [1.82, 2.24) is 14.6 Å². The molecule has 82 valence electrons. The fourth-order valence-corrected chi connectivity index (χ4v) is 1.29. The Kier molecular flexibility index (Phi) is 3.01. The number of pyridine rings is 1. The number of rotatable bonds is 3. The fraction of sp³-hybridized carbons (Fsp3) is 0.273. The lowest BCUT2D eigenvalue weighted by molar-refractivity contribution is 0.615. The van der Waals surface area contributed by atoms with Gasteiger partial charge in [0.15, 0.2) is 5.65 Å². The van der Waals surface area contributed by atoms with Crippen LogP contribution in [0.25, 0.3) is 5.65 Å². The van der Waals surface area contributed by atoms with Gasteiger partial charge in [0.05, 0.1) is 6.20 Å². The third kappa shape index (κ3) is 2.28. The van der Waals surface area contributed by atoms with Gasteiger partial charge in [0.25, 0.3) is 0 Å². The van der Waals surface area contributed by atoms with Crippen LogP contribution in [-0.2, 0) is 0 Å². The van der Waals surface area contributed by atoms with Crippen LogP contribution >= 0.6 is 0 Å². The van der Waals surface area contributed by atoms with Crippen molar-refractivity contribution >= 4 is 11.6 Å². The minimum Gasteiger partial charge on any atom is -0.352 e. The zero-order chi connectivity index (χ0) is 11.4. The van der Waals surface area contributed by atoms with E-state index in [1.165, 1.54) is 16.8 Å². The predicted octanol–water partition coefficient (Wildman–Crippen LogP) is 1.69. The number of halogens is 1. The van der Waals surface area contributed by atoms with E-state index in [4.69, 9.17) is 0 Å². The van der Waals surface area contributed by atoms with Gasteiger partial charge in [-0.3, -0.25) is 0 Å². The molecule has 0 saturated heterocycles. The normalized spacial score (nSPS) is 9.88. The van der Waals surface area contributed by atoms with Crippen LogP contribution in [0, 0.1) is 17.7 Å². The molecule has 2 aromatic rings. The molecular weight excluding hydrogens is 207 g/mol. The number of nitrogens with one attached hydrogen (secondary N) is 1. The third-order valence-corrected chi connectivity index (χ3v) is 2.00. The zero-order valence-corrected chi connectivity index (χ0v) is 8.87. The van der Waals surface area contributed by atoms with Crippen LogP contribution in [0.2, 0.25) is 0 Å². The first-order chi connectivity index (χ1) is 7.79. The average Bonchev–Trinajstić information content (AvgIpc) is 2.66. The van der Waals surface area contributed by atoms with Gasteiger partial charge >= 0.3 is 0 Å². The molecule has 1 N–H and O–H groups in total. The summed E-state index contributed by atoms with van der Waals surface area (Å²) in [6.07, 6.45) is 2.03. The molecular formula is C11H11FN4. The van der Waals surface area contributed by atoms with Crippen LogP contribution < -0.4 is 5.32 Å². The molecule has 2 rings (SSSR count). The van der Waals surface area contributed by atoms with Crippen LogP contribution in [0.4, 0.5) is 10.3 Å². The van der Waals surface area contributed by atoms with Crippen molar-refractivity contribution in [3.05, 3.63) is 24.1 Å². The monoisotopic (exact) mass is 218 g/mol. The van der Waals surface area contributed by atoms with Crippen LogP contribution in [0.15, 0.2) is 18.3 Å². The summed E-state index contributed by atoms with van der Waals surface area (Å²) in [5, 5.41) is 7.10. The number of fused-ring (bicyclic) bond motifs is 1. The molecule has 0 unspecified atom stereocenters. The van der Waals surface area contributed by atoms with Crippen molar-refractivity contribution in [2.24, 2.45) is 0 Å². The van der Waals surface area contributed by atoms with E-state index in [1.54, 1.807) is 13.0 Å². The maximum atomic E-state index is 12.9. The standard InChI is InChI=1S/C11H11FN4/c1-2-3-4-7-13-11-14-10-6-5-9(12)8-16(10)15-11/h5-6,8H,4,7H2,1H3,(H,13,15). The highest BCUT2D eigenvalue weighted by molar-refractivity contribution is 5.43. The highest BCUT2D eigenvalue weighted by Crippen LogP contribution is 2.06. The minimum absolute atomic E-state index is 0.333. The van der Waals surface area contributed by atoms with Gasteiger partial charge in [-0.05, 0) is 19.1 Å². The zero-order valence-electron chi connectivity index (χ0n) is 8.87. The Bertz CT molecular complexity index is 550. The van der Waals surface area contributed by atoms with Crippen molar-refractivity contribution in [3.8, 4) is 11.8 Å². The molecule has 0 aliphatic heterocycles. The van der Waals surface area contributed by atoms with Gasteiger partial charge < -0.3 is 5.32 Å². The van der Waals surface area contributed by atoms with Crippen molar-refractivity contribution in [2.45, 2.75) is 13.3 Å². The number of hydrogen-bond donors (Lipinski definition) is 1. The molecule has 0 aliphatic rings. The maximum absolute atomic E-state index is 12.9. The Morgan fingerprint density at radius 3 is 3.19 bits per heavy atom. The van der Waals surface area contributed by atoms with E-state index >= 15 is 0 Å². The molecule has 0 fully saturated rings. The van der Waals surface area contributed by atoms with E-state index in [9.17, 15) is 4.39 Å². The van der Waals surface area contributed by atoms with Crippen LogP contribution in [0.5, 0.6) is 0 Å². The Morgan fingerprint density at radius 1 is 1.50 bits per heavy atom. The van der Waals surface area contributed by atoms with Gasteiger partial charge in [0, 0.05) is 13.0 Å². The predicted molar refractivity (Wildman–Crippen MR) is 59.5 cm³/mol. The van der Waals surface area contributed by atoms with E-state index in [-0.39, 0.29) is 5.82 Å². The molecule has 0 aromatic carbocycles. The number of hydrogen-bond acceptors (Lipinski definition) is 3. The first kappa shape index (κ1) is 10.4. The molecule has 0 aliphatic carbocycles. The van der Waals surface area contributed by atoms with Crippen LogP contribution in [-0.4, -0.2) is 21.1 Å². The molecule has 5 heteroatoms. The van der Waals surface area contributed by atoms with Gasteiger partial charge in [0.1, 0.15) is 5.82 Å². The van der Waals surface area contributed by atoms with Gasteiger partial charge in [-0.1, -0.05) is 0 Å². The lowest BCUT2D eigenvalue weighted by Crippen LogP contribution is -2.02. The van der Waals surface area contributed by atoms with Crippen LogP contribution in [0.3, 0.4) is 0 Å². The first-order valence-corrected chi connectivity index (χ1v) is 4.95. The topological polar surface area (TPSA) is 42.2 Å². The van der Waals surface area contributed by atoms with Gasteiger partial charge in [-0.15, -0.1) is 16.9 Å². The summed E-state index contributed by atoms with van der Waals surface area (Å²) in [5.74, 6) is 5.89. The second kappa shape index (κ2) is 4.62. The fourth-order valence-electron chi connectivity index (χ4n) is 1.29. The SMILES string of the molecule is CC#CCCNc1nc2ccc(F)cn2n1. The highest BCUT2D eigenvalue weighted by Gasteiger charge is 2.02. The van der Waals surface area contributed by atoms with Crippen LogP contribution in [0.1, 0.15) is 13.3 Å². The second-order valence-electron chi connectivity index (χ2n) is 3.19. The quantitative estimate of drug-likeness (QED) is 0.629. The molecule has 0 spiro atoms. The molecule has 4 nitrogen and oxygen atoms in total. The molecule has 2 heterocycles. The molecule has 0 amide bonds. The Labute approximate surface area is 92.5 Å². The summed E-state index contributed by atoms with van der Waals surface area (Å²) >= 11 is 0. The van der Waals surface area contributed by atoms with E-state index in [2.05, 4.69) is 27.2 Å². The summed E-state index contributed by atoms with van der Waals surface area (Å²) in [7, 11) is 0. The Hall–Kier alpha value is -2.09. The molecule has 0 atom stereocenters.